The molecule has 0 aliphatic heterocycles. The molecule has 0 saturated carbocycles. The van der Waals surface area contributed by atoms with Gasteiger partial charge in [-0.15, -0.1) is 11.3 Å². The molecule has 0 bridgehead atoms. The fourth-order valence-electron chi connectivity index (χ4n) is 3.08. The number of benzene rings is 1. The number of thiazole rings is 1. The Morgan fingerprint density at radius 1 is 1.40 bits per heavy atom. The molecule has 2 atom stereocenters. The van der Waals surface area contributed by atoms with Crippen molar-refractivity contribution >= 4 is 11.3 Å². The highest BCUT2D eigenvalue weighted by Gasteiger charge is 2.24. The molecular weight excluding hydrogens is 264 g/mol. The van der Waals surface area contributed by atoms with Crippen LogP contribution in [0.4, 0.5) is 0 Å². The number of nitrogens with one attached hydrogen (secondary N) is 1. The summed E-state index contributed by atoms with van der Waals surface area (Å²) in [7, 11) is 0. The lowest BCUT2D eigenvalue weighted by molar-refractivity contribution is 0.576. The molecule has 1 aliphatic carbocycles. The summed E-state index contributed by atoms with van der Waals surface area (Å²) >= 11 is 1.82. The summed E-state index contributed by atoms with van der Waals surface area (Å²) in [5.41, 5.74) is 4.20. The maximum absolute atomic E-state index is 4.91. The van der Waals surface area contributed by atoms with Gasteiger partial charge in [0, 0.05) is 17.3 Å². The molecule has 0 fully saturated rings. The number of hydrogen-bond donors (Lipinski definition) is 1. The molecule has 1 heterocycles. The molecule has 3 rings (SSSR count). The minimum atomic E-state index is 0.351. The van der Waals surface area contributed by atoms with Crippen LogP contribution in [0.3, 0.4) is 0 Å². The van der Waals surface area contributed by atoms with Gasteiger partial charge in [-0.3, -0.25) is 0 Å². The van der Waals surface area contributed by atoms with Crippen molar-refractivity contribution in [1.29, 1.82) is 0 Å². The van der Waals surface area contributed by atoms with Crippen LogP contribution >= 0.6 is 11.3 Å². The number of fused-ring (bicyclic) bond motifs is 1. The van der Waals surface area contributed by atoms with Crippen LogP contribution in [0, 0.1) is 0 Å². The Morgan fingerprint density at radius 2 is 2.25 bits per heavy atom. The number of nitrogens with zero attached hydrogens (tertiary/aromatic N) is 1. The largest absolute Gasteiger partial charge is 0.309 e. The summed E-state index contributed by atoms with van der Waals surface area (Å²) in [6.45, 7) is 5.32. The predicted molar refractivity (Wildman–Crippen MR) is 85.4 cm³/mol. The molecule has 0 saturated heterocycles. The first-order valence-electron chi connectivity index (χ1n) is 7.56. The van der Waals surface area contributed by atoms with Crippen LogP contribution in [0.2, 0.25) is 0 Å². The second-order valence-electron chi connectivity index (χ2n) is 5.53. The lowest BCUT2D eigenvalue weighted by atomic mass is 9.83. The maximum Gasteiger partial charge on any atom is 0.100 e. The highest BCUT2D eigenvalue weighted by molar-refractivity contribution is 7.09. The van der Waals surface area contributed by atoms with Gasteiger partial charge >= 0.3 is 0 Å². The number of aromatic nitrogens is 1. The molecule has 0 spiro atoms. The predicted octanol–water partition coefficient (Wildman–Crippen LogP) is 4.28. The molecule has 2 aromatic rings. The van der Waals surface area contributed by atoms with Crippen molar-refractivity contribution < 1.29 is 0 Å². The van der Waals surface area contributed by atoms with Gasteiger partial charge in [-0.05, 0) is 43.9 Å². The van der Waals surface area contributed by atoms with E-state index in [9.17, 15) is 0 Å². The summed E-state index contributed by atoms with van der Waals surface area (Å²) in [4.78, 5) is 4.91. The van der Waals surface area contributed by atoms with Crippen molar-refractivity contribution in [2.24, 2.45) is 0 Å². The standard InChI is InChI=1S/C17H22N2S/c1-3-18-12(2)16-11-20-17(19-16)15-10-6-8-13-7-4-5-9-14(13)15/h4-5,7,9,11-12,15,18H,3,6,8,10H2,1-2H3. The first-order valence-corrected chi connectivity index (χ1v) is 8.44. The normalized spacial score (nSPS) is 19.6. The number of aryl methyl sites for hydroxylation is 1. The average Bonchev–Trinajstić information content (AvgIpc) is 2.97. The van der Waals surface area contributed by atoms with E-state index in [0.717, 1.165) is 6.54 Å². The second-order valence-corrected chi connectivity index (χ2v) is 6.42. The van der Waals surface area contributed by atoms with Crippen LogP contribution in [0.1, 0.15) is 60.5 Å². The first-order chi connectivity index (χ1) is 9.79. The van der Waals surface area contributed by atoms with Gasteiger partial charge in [-0.25, -0.2) is 4.98 Å². The zero-order valence-corrected chi connectivity index (χ0v) is 13.0. The van der Waals surface area contributed by atoms with Crippen LogP contribution in [-0.2, 0) is 6.42 Å². The van der Waals surface area contributed by atoms with E-state index < -0.39 is 0 Å². The molecule has 1 aliphatic rings. The van der Waals surface area contributed by atoms with Crippen LogP contribution in [-0.4, -0.2) is 11.5 Å². The van der Waals surface area contributed by atoms with Gasteiger partial charge in [0.1, 0.15) is 5.01 Å². The molecule has 1 aromatic carbocycles. The zero-order chi connectivity index (χ0) is 13.9. The van der Waals surface area contributed by atoms with Crippen molar-refractivity contribution in [2.75, 3.05) is 6.54 Å². The van der Waals surface area contributed by atoms with Gasteiger partial charge in [0.05, 0.1) is 5.69 Å². The third kappa shape index (κ3) is 2.65. The zero-order valence-electron chi connectivity index (χ0n) is 12.2. The molecule has 20 heavy (non-hydrogen) atoms. The number of hydrogen-bond acceptors (Lipinski definition) is 3. The molecule has 1 N–H and O–H groups in total. The van der Waals surface area contributed by atoms with Crippen LogP contribution in [0.25, 0.3) is 0 Å². The highest BCUT2D eigenvalue weighted by Crippen LogP contribution is 2.38. The Labute approximate surface area is 125 Å². The van der Waals surface area contributed by atoms with Gasteiger partial charge in [0.2, 0.25) is 0 Å². The topological polar surface area (TPSA) is 24.9 Å². The summed E-state index contributed by atoms with van der Waals surface area (Å²) in [6, 6.07) is 9.23. The Balaban J connectivity index is 1.87. The maximum atomic E-state index is 4.91. The lowest BCUT2D eigenvalue weighted by Gasteiger charge is -2.23. The van der Waals surface area contributed by atoms with Crippen molar-refractivity contribution in [3.8, 4) is 0 Å². The van der Waals surface area contributed by atoms with E-state index in [4.69, 9.17) is 4.98 Å². The van der Waals surface area contributed by atoms with Gasteiger partial charge in [-0.1, -0.05) is 31.2 Å². The highest BCUT2D eigenvalue weighted by atomic mass is 32.1. The van der Waals surface area contributed by atoms with Gasteiger partial charge in [0.15, 0.2) is 0 Å². The van der Waals surface area contributed by atoms with Crippen molar-refractivity contribution in [2.45, 2.75) is 45.1 Å². The van der Waals surface area contributed by atoms with Gasteiger partial charge in [-0.2, -0.15) is 0 Å². The van der Waals surface area contributed by atoms with E-state index >= 15 is 0 Å². The third-order valence-electron chi connectivity index (χ3n) is 4.16. The summed E-state index contributed by atoms with van der Waals surface area (Å²) in [5, 5.41) is 6.95. The van der Waals surface area contributed by atoms with Gasteiger partial charge < -0.3 is 5.32 Å². The van der Waals surface area contributed by atoms with E-state index in [2.05, 4.69) is 48.8 Å². The fraction of sp³-hybridized carbons (Fsp3) is 0.471. The molecule has 0 radical (unpaired) electrons. The molecule has 2 unspecified atom stereocenters. The molecule has 0 amide bonds. The monoisotopic (exact) mass is 286 g/mol. The first kappa shape index (κ1) is 13.8. The van der Waals surface area contributed by atoms with Crippen molar-refractivity contribution in [1.82, 2.24) is 10.3 Å². The third-order valence-corrected chi connectivity index (χ3v) is 5.14. The Hall–Kier alpha value is -1.19. The minimum Gasteiger partial charge on any atom is -0.309 e. The summed E-state index contributed by atoms with van der Waals surface area (Å²) < 4.78 is 0. The van der Waals surface area contributed by atoms with E-state index in [1.54, 1.807) is 0 Å². The Bertz CT molecular complexity index is 576. The Morgan fingerprint density at radius 3 is 3.10 bits per heavy atom. The number of rotatable bonds is 4. The van der Waals surface area contributed by atoms with Gasteiger partial charge in [0.25, 0.3) is 0 Å². The van der Waals surface area contributed by atoms with Crippen LogP contribution < -0.4 is 5.32 Å². The summed E-state index contributed by atoms with van der Waals surface area (Å²) in [6.07, 6.45) is 3.73. The van der Waals surface area contributed by atoms with Crippen molar-refractivity contribution in [3.63, 3.8) is 0 Å². The van der Waals surface area contributed by atoms with Crippen molar-refractivity contribution in [3.05, 3.63) is 51.5 Å². The van der Waals surface area contributed by atoms with Crippen LogP contribution in [0.5, 0.6) is 0 Å². The molecule has 1 aromatic heterocycles. The smallest absolute Gasteiger partial charge is 0.100 e. The average molecular weight is 286 g/mol. The van der Waals surface area contributed by atoms with E-state index in [-0.39, 0.29) is 0 Å². The molecule has 2 nitrogen and oxygen atoms in total. The second kappa shape index (κ2) is 6.06. The minimum absolute atomic E-state index is 0.351. The quantitative estimate of drug-likeness (QED) is 0.907. The fourth-order valence-corrected chi connectivity index (χ4v) is 4.15. The lowest BCUT2D eigenvalue weighted by Crippen LogP contribution is -2.18. The Kier molecular flexibility index (Phi) is 4.18. The summed E-state index contributed by atoms with van der Waals surface area (Å²) in [5.74, 6) is 0.507. The van der Waals surface area contributed by atoms with E-state index in [0.29, 0.717) is 12.0 Å². The molecule has 106 valence electrons. The van der Waals surface area contributed by atoms with E-state index in [1.165, 1.54) is 41.1 Å². The SMILES string of the molecule is CCNC(C)c1csc(C2CCCc3ccccc32)n1. The van der Waals surface area contributed by atoms with Crippen LogP contribution in [0.15, 0.2) is 29.6 Å². The van der Waals surface area contributed by atoms with E-state index in [1.807, 2.05) is 11.3 Å². The molecular formula is C17H22N2S. The molecule has 3 heteroatoms.